The predicted molar refractivity (Wildman–Crippen MR) is 59.1 cm³/mol. The fourth-order valence-electron chi connectivity index (χ4n) is 1.57. The van der Waals surface area contributed by atoms with Crippen molar-refractivity contribution in [2.24, 2.45) is 0 Å². The minimum Gasteiger partial charge on any atom is -0.326 e. The van der Waals surface area contributed by atoms with Crippen LogP contribution in [-0.2, 0) is 4.79 Å². The van der Waals surface area contributed by atoms with Crippen molar-refractivity contribution in [3.63, 3.8) is 0 Å². The molecule has 84 valence electrons. The first kappa shape index (κ1) is 10.6. The number of hydrogen-bond acceptors (Lipinski definition) is 3. The summed E-state index contributed by atoms with van der Waals surface area (Å²) in [6.07, 6.45) is 1.99. The Labute approximate surface area is 93.7 Å². The maximum Gasteiger partial charge on any atom is 0.332 e. The third kappa shape index (κ3) is 1.76. The summed E-state index contributed by atoms with van der Waals surface area (Å²) in [5, 5.41) is 0. The van der Waals surface area contributed by atoms with Crippen LogP contribution in [0.25, 0.3) is 0 Å². The van der Waals surface area contributed by atoms with Gasteiger partial charge < -0.3 is 4.90 Å². The summed E-state index contributed by atoms with van der Waals surface area (Å²) >= 11 is 0. The first-order valence-electron chi connectivity index (χ1n) is 5.10. The zero-order valence-corrected chi connectivity index (χ0v) is 9.30. The summed E-state index contributed by atoms with van der Waals surface area (Å²) in [5.74, 6) is 0.201. The van der Waals surface area contributed by atoms with Gasteiger partial charge in [0.2, 0.25) is 5.91 Å². The number of carbonyl (C=O) groups is 2. The number of rotatable bonds is 1. The highest BCUT2D eigenvalue weighted by Crippen LogP contribution is 2.17. The van der Waals surface area contributed by atoms with Crippen molar-refractivity contribution < 1.29 is 9.59 Å². The van der Waals surface area contributed by atoms with Crippen LogP contribution in [0, 0.1) is 6.92 Å². The van der Waals surface area contributed by atoms with Gasteiger partial charge in [-0.3, -0.25) is 4.79 Å². The zero-order chi connectivity index (χ0) is 11.7. The average Bonchev–Trinajstić information content (AvgIpc) is 2.27. The summed E-state index contributed by atoms with van der Waals surface area (Å²) in [4.78, 5) is 30.2. The van der Waals surface area contributed by atoms with Crippen molar-refractivity contribution in [1.29, 1.82) is 0 Å². The van der Waals surface area contributed by atoms with Gasteiger partial charge in [-0.25, -0.2) is 14.7 Å². The molecule has 2 rings (SSSR count). The van der Waals surface area contributed by atoms with Crippen molar-refractivity contribution in [2.75, 3.05) is 18.5 Å². The lowest BCUT2D eigenvalue weighted by atomic mass is 10.2. The van der Waals surface area contributed by atoms with Crippen molar-refractivity contribution in [1.82, 2.24) is 9.88 Å². The lowest BCUT2D eigenvalue weighted by Gasteiger charge is -2.30. The molecule has 5 heteroatoms. The molecule has 1 aromatic heterocycles. The molecule has 1 saturated heterocycles. The van der Waals surface area contributed by atoms with Crippen molar-refractivity contribution >= 4 is 17.8 Å². The van der Waals surface area contributed by atoms with Gasteiger partial charge in [0.05, 0.1) is 0 Å². The van der Waals surface area contributed by atoms with E-state index < -0.39 is 0 Å². The van der Waals surface area contributed by atoms with Gasteiger partial charge in [-0.1, -0.05) is 6.07 Å². The minimum atomic E-state index is -0.312. The Hall–Kier alpha value is -1.91. The van der Waals surface area contributed by atoms with E-state index in [1.54, 1.807) is 19.3 Å². The summed E-state index contributed by atoms with van der Waals surface area (Å²) in [6.45, 7) is 2.38. The quantitative estimate of drug-likeness (QED) is 0.712. The number of aromatic nitrogens is 1. The molecule has 16 heavy (non-hydrogen) atoms. The molecule has 0 bridgehead atoms. The van der Waals surface area contributed by atoms with Crippen LogP contribution in [0.3, 0.4) is 0 Å². The standard InChI is InChI=1S/C11H13N3O2/c1-8-3-4-9(12-7-8)14-10(15)5-6-13(2)11(14)16/h3-4,7H,5-6H2,1-2H3. The number of nitrogens with zero attached hydrogens (tertiary/aromatic N) is 3. The number of aryl methyl sites for hydroxylation is 1. The van der Waals surface area contributed by atoms with Crippen LogP contribution in [0.4, 0.5) is 10.6 Å². The molecule has 0 aliphatic carbocycles. The first-order chi connectivity index (χ1) is 7.59. The molecular formula is C11H13N3O2. The second kappa shape index (κ2) is 3.92. The van der Waals surface area contributed by atoms with E-state index >= 15 is 0 Å². The third-order valence-electron chi connectivity index (χ3n) is 2.55. The lowest BCUT2D eigenvalue weighted by Crippen LogP contribution is -2.51. The molecule has 0 unspecified atom stereocenters. The van der Waals surface area contributed by atoms with Crippen LogP contribution in [0.5, 0.6) is 0 Å². The minimum absolute atomic E-state index is 0.195. The molecule has 1 fully saturated rings. The summed E-state index contributed by atoms with van der Waals surface area (Å²) in [6, 6.07) is 3.20. The normalized spacial score (nSPS) is 16.9. The molecule has 0 atom stereocenters. The molecule has 0 aromatic carbocycles. The zero-order valence-electron chi connectivity index (χ0n) is 9.30. The number of amides is 3. The predicted octanol–water partition coefficient (Wildman–Crippen LogP) is 1.18. The van der Waals surface area contributed by atoms with Gasteiger partial charge in [0, 0.05) is 26.2 Å². The van der Waals surface area contributed by atoms with E-state index in [2.05, 4.69) is 4.98 Å². The fourth-order valence-corrected chi connectivity index (χ4v) is 1.57. The van der Waals surface area contributed by atoms with Gasteiger partial charge in [0.1, 0.15) is 5.82 Å². The van der Waals surface area contributed by atoms with Gasteiger partial charge in [0.25, 0.3) is 0 Å². The maximum atomic E-state index is 11.8. The molecule has 0 spiro atoms. The number of anilines is 1. The Kier molecular flexibility index (Phi) is 2.60. The Morgan fingerprint density at radius 1 is 1.31 bits per heavy atom. The molecule has 0 radical (unpaired) electrons. The monoisotopic (exact) mass is 219 g/mol. The molecule has 0 N–H and O–H groups in total. The van der Waals surface area contributed by atoms with Crippen LogP contribution in [0.2, 0.25) is 0 Å². The van der Waals surface area contributed by atoms with E-state index in [9.17, 15) is 9.59 Å². The number of imide groups is 1. The Balaban J connectivity index is 2.34. The molecule has 2 heterocycles. The van der Waals surface area contributed by atoms with E-state index in [-0.39, 0.29) is 11.9 Å². The van der Waals surface area contributed by atoms with E-state index in [1.165, 1.54) is 4.90 Å². The molecule has 3 amide bonds. The number of pyridine rings is 1. The molecule has 0 saturated carbocycles. The smallest absolute Gasteiger partial charge is 0.326 e. The van der Waals surface area contributed by atoms with Gasteiger partial charge >= 0.3 is 6.03 Å². The van der Waals surface area contributed by atoms with Crippen LogP contribution >= 0.6 is 0 Å². The summed E-state index contributed by atoms with van der Waals surface area (Å²) < 4.78 is 0. The van der Waals surface area contributed by atoms with E-state index in [4.69, 9.17) is 0 Å². The molecular weight excluding hydrogens is 206 g/mol. The van der Waals surface area contributed by atoms with Gasteiger partial charge in [0.15, 0.2) is 0 Å². The molecule has 1 aliphatic rings. The highest BCUT2D eigenvalue weighted by molar-refractivity contribution is 6.15. The van der Waals surface area contributed by atoms with Crippen molar-refractivity contribution in [3.05, 3.63) is 23.9 Å². The Morgan fingerprint density at radius 2 is 2.06 bits per heavy atom. The number of carbonyl (C=O) groups excluding carboxylic acids is 2. The van der Waals surface area contributed by atoms with Gasteiger partial charge in [-0.15, -0.1) is 0 Å². The second-order valence-electron chi connectivity index (χ2n) is 3.88. The van der Waals surface area contributed by atoms with Crippen LogP contribution in [0.1, 0.15) is 12.0 Å². The fraction of sp³-hybridized carbons (Fsp3) is 0.364. The number of hydrogen-bond donors (Lipinski definition) is 0. The SMILES string of the molecule is Cc1ccc(N2C(=O)CCN(C)C2=O)nc1. The van der Waals surface area contributed by atoms with Gasteiger partial charge in [-0.05, 0) is 18.6 Å². The molecule has 1 aromatic rings. The topological polar surface area (TPSA) is 53.5 Å². The molecule has 1 aliphatic heterocycles. The number of urea groups is 1. The highest BCUT2D eigenvalue weighted by atomic mass is 16.2. The third-order valence-corrected chi connectivity index (χ3v) is 2.55. The van der Waals surface area contributed by atoms with Crippen LogP contribution in [0.15, 0.2) is 18.3 Å². The lowest BCUT2D eigenvalue weighted by molar-refractivity contribution is -0.119. The summed E-state index contributed by atoms with van der Waals surface area (Å²) in [7, 11) is 1.68. The Morgan fingerprint density at radius 3 is 2.69 bits per heavy atom. The second-order valence-corrected chi connectivity index (χ2v) is 3.88. The molecule has 5 nitrogen and oxygen atoms in total. The summed E-state index contributed by atoms with van der Waals surface area (Å²) in [5.41, 5.74) is 0.994. The Bertz CT molecular complexity index is 427. The van der Waals surface area contributed by atoms with Crippen LogP contribution in [-0.4, -0.2) is 35.4 Å². The van der Waals surface area contributed by atoms with Gasteiger partial charge in [-0.2, -0.15) is 0 Å². The average molecular weight is 219 g/mol. The van der Waals surface area contributed by atoms with E-state index in [0.717, 1.165) is 10.5 Å². The first-order valence-corrected chi connectivity index (χ1v) is 5.10. The van der Waals surface area contributed by atoms with E-state index in [1.807, 2.05) is 13.0 Å². The van der Waals surface area contributed by atoms with Crippen molar-refractivity contribution in [2.45, 2.75) is 13.3 Å². The largest absolute Gasteiger partial charge is 0.332 e. The van der Waals surface area contributed by atoms with Crippen LogP contribution < -0.4 is 4.90 Å². The maximum absolute atomic E-state index is 11.8. The highest BCUT2D eigenvalue weighted by Gasteiger charge is 2.31. The van der Waals surface area contributed by atoms with E-state index in [0.29, 0.717) is 18.8 Å². The van der Waals surface area contributed by atoms with Crippen molar-refractivity contribution in [3.8, 4) is 0 Å².